The Morgan fingerprint density at radius 1 is 0.700 bits per heavy atom. The van der Waals surface area contributed by atoms with Crippen molar-refractivity contribution in [3.63, 3.8) is 0 Å². The molecule has 0 unspecified atom stereocenters. The van der Waals surface area contributed by atoms with Gasteiger partial charge in [-0.25, -0.2) is 0 Å². The molecule has 10 heavy (non-hydrogen) atoms. The fourth-order valence-corrected chi connectivity index (χ4v) is 0.805. The van der Waals surface area contributed by atoms with Crippen LogP contribution in [0.5, 0.6) is 0 Å². The van der Waals surface area contributed by atoms with E-state index in [2.05, 4.69) is 0 Å². The highest BCUT2D eigenvalue weighted by molar-refractivity contribution is 7.75. The van der Waals surface area contributed by atoms with E-state index in [1.165, 1.54) is 0 Å². The summed E-state index contributed by atoms with van der Waals surface area (Å²) in [6, 6.07) is 0. The smallest absolute Gasteiger partial charge is 0.161 e. The van der Waals surface area contributed by atoms with Crippen LogP contribution in [0.2, 0.25) is 0 Å². The summed E-state index contributed by atoms with van der Waals surface area (Å²) >= 11 is 0. The maximum atomic E-state index is 8.55. The molecule has 0 saturated carbocycles. The minimum atomic E-state index is -2.20. The second-order valence-electron chi connectivity index (χ2n) is 1.91. The molecule has 0 aliphatic heterocycles. The molecular weight excluding hydrogens is 175 g/mol. The second kappa shape index (κ2) is 6.34. The quantitative estimate of drug-likeness (QED) is 0.424. The van der Waals surface area contributed by atoms with Crippen LogP contribution in [0.4, 0.5) is 0 Å². The first-order valence-corrected chi connectivity index (χ1v) is 5.06. The van der Waals surface area contributed by atoms with E-state index in [4.69, 9.17) is 20.4 Å². The molecule has 64 valence electrons. The van der Waals surface area contributed by atoms with E-state index in [0.717, 1.165) is 0 Å². The fourth-order valence-electron chi connectivity index (χ4n) is 0.268. The van der Waals surface area contributed by atoms with Gasteiger partial charge in [-0.05, 0) is 0 Å². The van der Waals surface area contributed by atoms with Crippen molar-refractivity contribution in [1.29, 1.82) is 0 Å². The lowest BCUT2D eigenvalue weighted by atomic mass is 11.6. The minimum absolute atomic E-state index is 0. The zero-order chi connectivity index (χ0) is 7.33. The highest BCUT2D eigenvalue weighted by Crippen LogP contribution is 2.54. The minimum Gasteiger partial charge on any atom is -0.361 e. The summed E-state index contributed by atoms with van der Waals surface area (Å²) < 4.78 is 0. The molecule has 0 aromatic rings. The first kappa shape index (κ1) is 13.2. The molecule has 6 heteroatoms. The van der Waals surface area contributed by atoms with Crippen molar-refractivity contribution < 1.29 is 20.4 Å². The molecule has 0 saturated heterocycles. The fraction of sp³-hybridized carbons (Fsp3) is 1.00. The Balaban J connectivity index is 0. The molecule has 0 aliphatic rings. The first-order valence-electron chi connectivity index (χ1n) is 2.53. The Morgan fingerprint density at radius 2 is 0.900 bits per heavy atom. The number of hydrogen-bond acceptors (Lipinski definition) is 4. The Bertz CT molecular complexity index is 60.1. The van der Waals surface area contributed by atoms with Crippen LogP contribution in [0.3, 0.4) is 0 Å². The molecule has 4 nitrogen and oxygen atoms in total. The van der Waals surface area contributed by atoms with Crippen LogP contribution in [0.15, 0.2) is 0 Å². The normalized spacial score (nSPS) is 10.8. The van der Waals surface area contributed by atoms with E-state index in [9.17, 15) is 0 Å². The van der Waals surface area contributed by atoms with E-state index in [1.54, 1.807) is 0 Å². The molecule has 0 aromatic heterocycles. The summed E-state index contributed by atoms with van der Waals surface area (Å²) in [6.07, 6.45) is -1.18. The topological polar surface area (TPSA) is 80.9 Å². The van der Waals surface area contributed by atoms with E-state index in [1.807, 2.05) is 0 Å². The van der Waals surface area contributed by atoms with Crippen molar-refractivity contribution in [3.8, 4) is 0 Å². The third-order valence-corrected chi connectivity index (χ3v) is 3.60. The van der Waals surface area contributed by atoms with Crippen LogP contribution in [-0.2, 0) is 0 Å². The van der Waals surface area contributed by atoms with Gasteiger partial charge >= 0.3 is 0 Å². The van der Waals surface area contributed by atoms with Crippen LogP contribution < -0.4 is 0 Å². The molecule has 0 fully saturated rings. The third kappa shape index (κ3) is 3.14. The molecule has 0 bridgehead atoms. The van der Waals surface area contributed by atoms with Crippen molar-refractivity contribution in [2.45, 2.75) is 0 Å². The predicted octanol–water partition coefficient (Wildman–Crippen LogP) is -1.08. The lowest BCUT2D eigenvalue weighted by Crippen LogP contribution is -2.10. The largest absolute Gasteiger partial charge is 0.361 e. The van der Waals surface area contributed by atoms with E-state index in [0.29, 0.717) is 0 Å². The number of hydrogen-bond donors (Lipinski definition) is 4. The van der Waals surface area contributed by atoms with E-state index < -0.39 is 7.26 Å². The molecule has 0 amide bonds. The molecule has 0 radical (unpaired) electrons. The van der Waals surface area contributed by atoms with Crippen molar-refractivity contribution >= 4 is 20.8 Å². The lowest BCUT2D eigenvalue weighted by molar-refractivity contribution is 0.288. The zero-order valence-electron chi connectivity index (χ0n) is 5.56. The Labute approximate surface area is 67.3 Å². The van der Waals surface area contributed by atoms with Gasteiger partial charge in [-0.3, -0.25) is 0 Å². The summed E-state index contributed by atoms with van der Waals surface area (Å²) in [5.41, 5.74) is 0. The molecule has 0 spiro atoms. The number of aliphatic hydroxyl groups is 4. The molecule has 0 heterocycles. The van der Waals surface area contributed by atoms with Gasteiger partial charge in [-0.2, -0.15) is 13.5 Å². The summed E-state index contributed by atoms with van der Waals surface area (Å²) in [6.45, 7) is 0. The highest BCUT2D eigenvalue weighted by atomic mass is 32.1. The Kier molecular flexibility index (Phi) is 8.38. The predicted molar refractivity (Wildman–Crippen MR) is 45.6 cm³/mol. The Hall–Kier alpha value is 0.620. The molecular formula is C4H14O4PS+. The number of aliphatic hydroxyl groups excluding tert-OH is 4. The molecule has 0 aliphatic carbocycles. The van der Waals surface area contributed by atoms with Crippen molar-refractivity contribution in [1.82, 2.24) is 0 Å². The van der Waals surface area contributed by atoms with Gasteiger partial charge < -0.3 is 20.4 Å². The average molecular weight is 189 g/mol. The maximum absolute atomic E-state index is 8.55. The summed E-state index contributed by atoms with van der Waals surface area (Å²) in [5, 5.41) is 34.2. The Morgan fingerprint density at radius 3 is 0.900 bits per heavy atom. The van der Waals surface area contributed by atoms with Crippen LogP contribution in [-0.4, -0.2) is 45.8 Å². The average Bonchev–Trinajstić information content (AvgIpc) is 1.95. The van der Waals surface area contributed by atoms with Gasteiger partial charge in [0.2, 0.25) is 0 Å². The van der Waals surface area contributed by atoms with Crippen molar-refractivity contribution in [3.05, 3.63) is 0 Å². The summed E-state index contributed by atoms with van der Waals surface area (Å²) in [4.78, 5) is 0. The molecule has 0 atom stereocenters. The lowest BCUT2D eigenvalue weighted by Gasteiger charge is -2.15. The molecule has 0 rings (SSSR count). The van der Waals surface area contributed by atoms with Gasteiger partial charge in [0.1, 0.15) is 7.26 Å². The van der Waals surface area contributed by atoms with Crippen molar-refractivity contribution in [2.75, 3.05) is 25.4 Å². The van der Waals surface area contributed by atoms with Crippen LogP contribution >= 0.6 is 20.8 Å². The second-order valence-corrected chi connectivity index (χ2v) is 5.72. The monoisotopic (exact) mass is 189 g/mol. The maximum Gasteiger partial charge on any atom is 0.161 e. The van der Waals surface area contributed by atoms with Gasteiger partial charge in [-0.1, -0.05) is 0 Å². The first-order chi connectivity index (χ1) is 4.24. The van der Waals surface area contributed by atoms with Gasteiger partial charge in [-0.15, -0.1) is 0 Å². The van der Waals surface area contributed by atoms with E-state index in [-0.39, 0.29) is 38.9 Å². The van der Waals surface area contributed by atoms with Crippen LogP contribution in [0, 0.1) is 0 Å². The molecule has 0 aromatic carbocycles. The highest BCUT2D eigenvalue weighted by Gasteiger charge is 2.34. The van der Waals surface area contributed by atoms with Crippen LogP contribution in [0.1, 0.15) is 0 Å². The van der Waals surface area contributed by atoms with E-state index >= 15 is 0 Å². The standard InChI is InChI=1S/C4H12O4P.H2S/c5-1-9(2-6,3-7)4-8;/h5-8H,1-4H2;1H2/q+1;. The zero-order valence-corrected chi connectivity index (χ0v) is 7.46. The third-order valence-electron chi connectivity index (χ3n) is 1.20. The summed E-state index contributed by atoms with van der Waals surface area (Å²) in [5.74, 6) is 0. The van der Waals surface area contributed by atoms with Gasteiger partial charge in [0, 0.05) is 0 Å². The SMILES string of the molecule is OC[P+](CO)(CO)CO.S. The van der Waals surface area contributed by atoms with Crippen molar-refractivity contribution in [2.24, 2.45) is 0 Å². The summed E-state index contributed by atoms with van der Waals surface area (Å²) in [7, 11) is -2.20. The van der Waals surface area contributed by atoms with Gasteiger partial charge in [0.25, 0.3) is 0 Å². The number of rotatable bonds is 4. The van der Waals surface area contributed by atoms with Gasteiger partial charge in [0.05, 0.1) is 0 Å². The van der Waals surface area contributed by atoms with Gasteiger partial charge in [0.15, 0.2) is 25.4 Å². The molecule has 4 N–H and O–H groups in total. The van der Waals surface area contributed by atoms with Crippen LogP contribution in [0.25, 0.3) is 0 Å².